The molecule has 0 atom stereocenters. The van der Waals surface area contributed by atoms with Crippen LogP contribution in [0.4, 0.5) is 5.69 Å². The summed E-state index contributed by atoms with van der Waals surface area (Å²) in [6.45, 7) is 3.23. The van der Waals surface area contributed by atoms with Crippen molar-refractivity contribution in [2.45, 2.75) is 6.61 Å². The van der Waals surface area contributed by atoms with E-state index in [-0.39, 0.29) is 34.5 Å². The van der Waals surface area contributed by atoms with Gasteiger partial charge in [0.1, 0.15) is 23.5 Å². The molecule has 1 aromatic heterocycles. The second-order valence-corrected chi connectivity index (χ2v) is 8.03. The Labute approximate surface area is 196 Å². The fourth-order valence-corrected chi connectivity index (χ4v) is 4.13. The standard InChI is InChI=1S/C27H25NO6/c1-31-26-24(33-17-18-6-3-2-4-7-18)16-22(30)25-21(29)15-23(34-27(25)26)19-8-5-9-20(14-19)28-10-12-32-13-11-28/h2-9,14-16,30H,10-13,17H2,1H3. The molecule has 0 amide bonds. The minimum absolute atomic E-state index is 0.0528. The summed E-state index contributed by atoms with van der Waals surface area (Å²) < 4.78 is 23.1. The van der Waals surface area contributed by atoms with Gasteiger partial charge in [0, 0.05) is 36.5 Å². The van der Waals surface area contributed by atoms with Gasteiger partial charge < -0.3 is 28.6 Å². The molecule has 5 rings (SSSR count). The summed E-state index contributed by atoms with van der Waals surface area (Å²) in [5.74, 6) is 0.706. The molecule has 174 valence electrons. The number of fused-ring (bicyclic) bond motifs is 1. The summed E-state index contributed by atoms with van der Waals surface area (Å²) in [6.07, 6.45) is 0. The van der Waals surface area contributed by atoms with Crippen LogP contribution in [0.2, 0.25) is 0 Å². The number of methoxy groups -OCH3 is 1. The number of phenols is 1. The van der Waals surface area contributed by atoms with Crippen molar-refractivity contribution in [3.63, 3.8) is 0 Å². The first-order valence-corrected chi connectivity index (χ1v) is 11.1. The minimum Gasteiger partial charge on any atom is -0.507 e. The Hall–Kier alpha value is -3.97. The van der Waals surface area contributed by atoms with Gasteiger partial charge in [0.15, 0.2) is 16.8 Å². The van der Waals surface area contributed by atoms with Gasteiger partial charge in [0.25, 0.3) is 0 Å². The molecule has 0 saturated carbocycles. The molecule has 3 aromatic carbocycles. The average molecular weight is 459 g/mol. The number of hydrogen-bond donors (Lipinski definition) is 1. The van der Waals surface area contributed by atoms with Gasteiger partial charge in [-0.25, -0.2) is 0 Å². The zero-order chi connectivity index (χ0) is 23.5. The lowest BCUT2D eigenvalue weighted by molar-refractivity contribution is 0.122. The lowest BCUT2D eigenvalue weighted by Gasteiger charge is -2.29. The van der Waals surface area contributed by atoms with Crippen molar-refractivity contribution in [3.05, 3.63) is 82.5 Å². The second-order valence-electron chi connectivity index (χ2n) is 8.03. The van der Waals surface area contributed by atoms with Crippen LogP contribution in [0.5, 0.6) is 17.2 Å². The maximum absolute atomic E-state index is 13.0. The van der Waals surface area contributed by atoms with Crippen LogP contribution >= 0.6 is 0 Å². The Morgan fingerprint density at radius 1 is 1.00 bits per heavy atom. The average Bonchev–Trinajstić information content (AvgIpc) is 2.88. The number of morpholine rings is 1. The van der Waals surface area contributed by atoms with Gasteiger partial charge in [-0.3, -0.25) is 4.79 Å². The molecule has 1 N–H and O–H groups in total. The van der Waals surface area contributed by atoms with E-state index in [2.05, 4.69) is 4.90 Å². The highest BCUT2D eigenvalue weighted by Crippen LogP contribution is 2.41. The summed E-state index contributed by atoms with van der Waals surface area (Å²) in [4.78, 5) is 15.2. The number of nitrogens with zero attached hydrogens (tertiary/aromatic N) is 1. The number of phenolic OH excluding ortho intramolecular Hbond substituents is 1. The van der Waals surface area contributed by atoms with Gasteiger partial charge in [0.05, 0.1) is 20.3 Å². The highest BCUT2D eigenvalue weighted by atomic mass is 16.5. The van der Waals surface area contributed by atoms with Gasteiger partial charge in [-0.15, -0.1) is 0 Å². The van der Waals surface area contributed by atoms with Crippen LogP contribution in [0.15, 0.2) is 75.9 Å². The van der Waals surface area contributed by atoms with Gasteiger partial charge >= 0.3 is 0 Å². The molecule has 0 unspecified atom stereocenters. The van der Waals surface area contributed by atoms with Gasteiger partial charge in [-0.1, -0.05) is 42.5 Å². The van der Waals surface area contributed by atoms with Crippen molar-refractivity contribution in [3.8, 4) is 28.6 Å². The normalized spacial score (nSPS) is 13.7. The summed E-state index contributed by atoms with van der Waals surface area (Å²) in [5, 5.41) is 10.7. The summed E-state index contributed by atoms with van der Waals surface area (Å²) in [7, 11) is 1.48. The first kappa shape index (κ1) is 21.9. The molecule has 34 heavy (non-hydrogen) atoms. The van der Waals surface area contributed by atoms with Gasteiger partial charge in [0.2, 0.25) is 5.75 Å². The predicted molar refractivity (Wildman–Crippen MR) is 130 cm³/mol. The molecule has 0 aliphatic carbocycles. The van der Waals surface area contributed by atoms with E-state index in [9.17, 15) is 9.90 Å². The Kier molecular flexibility index (Phi) is 6.10. The molecule has 1 aliphatic heterocycles. The van der Waals surface area contributed by atoms with Crippen molar-refractivity contribution in [2.24, 2.45) is 0 Å². The largest absolute Gasteiger partial charge is 0.507 e. The molecule has 7 heteroatoms. The number of anilines is 1. The van der Waals surface area contributed by atoms with Gasteiger partial charge in [-0.05, 0) is 17.7 Å². The number of aromatic hydroxyl groups is 1. The number of hydrogen-bond acceptors (Lipinski definition) is 7. The number of benzene rings is 3. The molecule has 1 aliphatic rings. The van der Waals surface area contributed by atoms with E-state index in [1.165, 1.54) is 19.2 Å². The number of rotatable bonds is 6. The van der Waals surface area contributed by atoms with Crippen molar-refractivity contribution in [1.82, 2.24) is 0 Å². The highest BCUT2D eigenvalue weighted by Gasteiger charge is 2.21. The maximum atomic E-state index is 13.0. The third-order valence-electron chi connectivity index (χ3n) is 5.85. The topological polar surface area (TPSA) is 81.4 Å². The van der Waals surface area contributed by atoms with E-state index in [4.69, 9.17) is 18.6 Å². The molecule has 2 heterocycles. The molecule has 0 radical (unpaired) electrons. The van der Waals surface area contributed by atoms with Crippen molar-refractivity contribution >= 4 is 16.7 Å². The predicted octanol–water partition coefficient (Wildman–Crippen LogP) is 4.59. The van der Waals surface area contributed by atoms with Crippen LogP contribution < -0.4 is 19.8 Å². The zero-order valence-corrected chi connectivity index (χ0v) is 18.8. The Bertz CT molecular complexity index is 1360. The van der Waals surface area contributed by atoms with E-state index in [0.717, 1.165) is 29.9 Å². The van der Waals surface area contributed by atoms with E-state index in [1.807, 2.05) is 54.6 Å². The molecular formula is C27H25NO6. The van der Waals surface area contributed by atoms with Crippen LogP contribution in [-0.2, 0) is 11.3 Å². The quantitative estimate of drug-likeness (QED) is 0.452. The number of ether oxygens (including phenoxy) is 3. The molecular weight excluding hydrogens is 434 g/mol. The van der Waals surface area contributed by atoms with Crippen molar-refractivity contribution in [1.29, 1.82) is 0 Å². The van der Waals surface area contributed by atoms with E-state index in [0.29, 0.717) is 24.7 Å². The van der Waals surface area contributed by atoms with Crippen LogP contribution in [0, 0.1) is 0 Å². The zero-order valence-electron chi connectivity index (χ0n) is 18.8. The van der Waals surface area contributed by atoms with E-state index >= 15 is 0 Å². The smallest absolute Gasteiger partial charge is 0.205 e. The monoisotopic (exact) mass is 459 g/mol. The van der Waals surface area contributed by atoms with E-state index in [1.54, 1.807) is 0 Å². The fraction of sp³-hybridized carbons (Fsp3) is 0.222. The summed E-state index contributed by atoms with van der Waals surface area (Å²) in [6, 6.07) is 20.2. The fourth-order valence-electron chi connectivity index (χ4n) is 4.13. The molecule has 7 nitrogen and oxygen atoms in total. The van der Waals surface area contributed by atoms with Crippen LogP contribution in [0.3, 0.4) is 0 Å². The van der Waals surface area contributed by atoms with E-state index < -0.39 is 0 Å². The van der Waals surface area contributed by atoms with Crippen molar-refractivity contribution in [2.75, 3.05) is 38.3 Å². The second kappa shape index (κ2) is 9.49. The lowest BCUT2D eigenvalue weighted by Crippen LogP contribution is -2.36. The van der Waals surface area contributed by atoms with Gasteiger partial charge in [-0.2, -0.15) is 0 Å². The van der Waals surface area contributed by atoms with Crippen LogP contribution in [-0.4, -0.2) is 38.5 Å². The lowest BCUT2D eigenvalue weighted by atomic mass is 10.1. The van der Waals surface area contributed by atoms with Crippen LogP contribution in [0.25, 0.3) is 22.3 Å². The molecule has 0 spiro atoms. The molecule has 0 bridgehead atoms. The SMILES string of the molecule is COc1c(OCc2ccccc2)cc(O)c2c(=O)cc(-c3cccc(N4CCOCC4)c3)oc12. The Morgan fingerprint density at radius 3 is 2.56 bits per heavy atom. The molecule has 1 saturated heterocycles. The minimum atomic E-state index is -0.363. The maximum Gasteiger partial charge on any atom is 0.205 e. The first-order chi connectivity index (χ1) is 16.6. The first-order valence-electron chi connectivity index (χ1n) is 11.1. The Balaban J connectivity index is 1.56. The van der Waals surface area contributed by atoms with Crippen molar-refractivity contribution < 1.29 is 23.7 Å². The van der Waals surface area contributed by atoms with Crippen LogP contribution in [0.1, 0.15) is 5.56 Å². The third-order valence-corrected chi connectivity index (χ3v) is 5.85. The molecule has 4 aromatic rings. The molecule has 1 fully saturated rings. The summed E-state index contributed by atoms with van der Waals surface area (Å²) >= 11 is 0. The highest BCUT2D eigenvalue weighted by molar-refractivity contribution is 5.91. The third kappa shape index (κ3) is 4.30. The Morgan fingerprint density at radius 2 is 1.79 bits per heavy atom. The summed E-state index contributed by atoms with van der Waals surface area (Å²) in [5.41, 5.74) is 2.51.